The molecule has 0 bridgehead atoms. The van der Waals surface area contributed by atoms with Gasteiger partial charge in [-0.05, 0) is 50.6 Å². The van der Waals surface area contributed by atoms with Crippen molar-refractivity contribution in [1.82, 2.24) is 24.8 Å². The molecule has 0 fully saturated rings. The summed E-state index contributed by atoms with van der Waals surface area (Å²) in [5.41, 5.74) is 3.81. The lowest BCUT2D eigenvalue weighted by Gasteiger charge is -2.33. The highest BCUT2D eigenvalue weighted by Crippen LogP contribution is 2.42. The van der Waals surface area contributed by atoms with E-state index in [0.29, 0.717) is 53.1 Å². The highest BCUT2D eigenvalue weighted by molar-refractivity contribution is 6.31. The first-order valence-electron chi connectivity index (χ1n) is 13.8. The summed E-state index contributed by atoms with van der Waals surface area (Å²) >= 11 is 6.69. The van der Waals surface area contributed by atoms with Crippen molar-refractivity contribution in [2.24, 2.45) is 10.9 Å². The van der Waals surface area contributed by atoms with Crippen LogP contribution in [-0.4, -0.2) is 56.8 Å². The second-order valence-electron chi connectivity index (χ2n) is 9.88. The molecule has 1 aliphatic rings. The van der Waals surface area contributed by atoms with Gasteiger partial charge < -0.3 is 19.9 Å². The maximum absolute atomic E-state index is 13.8. The van der Waals surface area contributed by atoms with E-state index in [9.17, 15) is 9.59 Å². The molecule has 2 atom stereocenters. The van der Waals surface area contributed by atoms with Crippen LogP contribution in [0.15, 0.2) is 83.4 Å². The number of aliphatic imine (C=N–C) groups is 1. The molecular formula is C31H32ClN7O3. The van der Waals surface area contributed by atoms with Crippen molar-refractivity contribution >= 4 is 46.0 Å². The third-order valence-corrected chi connectivity index (χ3v) is 7.52. The topological polar surface area (TPSA) is 123 Å². The number of carbonyl (C=O) groups excluding carboxylic acids is 2. The maximum Gasteiger partial charge on any atom is 0.249 e. The van der Waals surface area contributed by atoms with Crippen molar-refractivity contribution in [1.29, 1.82) is 0 Å². The molecule has 216 valence electrons. The normalized spacial score (nSPS) is 16.8. The number of fused-ring (bicyclic) bond motifs is 1. The highest BCUT2D eigenvalue weighted by atomic mass is 35.5. The van der Waals surface area contributed by atoms with E-state index in [4.69, 9.17) is 21.3 Å². The lowest BCUT2D eigenvalue weighted by molar-refractivity contribution is -0.119. The Morgan fingerprint density at radius 2 is 1.88 bits per heavy atom. The number of carbonyl (C=O) groups is 2. The van der Waals surface area contributed by atoms with Crippen molar-refractivity contribution in [2.75, 3.05) is 25.1 Å². The molecule has 1 aromatic carbocycles. The zero-order valence-electron chi connectivity index (χ0n) is 23.7. The molecule has 0 aliphatic carbocycles. The fourth-order valence-corrected chi connectivity index (χ4v) is 5.57. The van der Waals surface area contributed by atoms with Gasteiger partial charge >= 0.3 is 0 Å². The molecule has 5 rings (SSSR count). The smallest absolute Gasteiger partial charge is 0.249 e. The van der Waals surface area contributed by atoms with Gasteiger partial charge in [-0.25, -0.2) is 9.97 Å². The minimum absolute atomic E-state index is 0.0760. The van der Waals surface area contributed by atoms with Gasteiger partial charge in [0.1, 0.15) is 17.2 Å². The average molecular weight is 586 g/mol. The number of halogens is 1. The molecular weight excluding hydrogens is 554 g/mol. The first-order chi connectivity index (χ1) is 20.4. The van der Waals surface area contributed by atoms with E-state index >= 15 is 0 Å². The number of rotatable bonds is 10. The molecule has 1 aliphatic heterocycles. The average Bonchev–Trinajstić information content (AvgIpc) is 3.30. The van der Waals surface area contributed by atoms with Gasteiger partial charge in [-0.3, -0.25) is 19.6 Å². The van der Waals surface area contributed by atoms with Crippen molar-refractivity contribution in [3.05, 3.63) is 94.8 Å². The molecule has 2 N–H and O–H groups in total. The van der Waals surface area contributed by atoms with E-state index in [1.165, 1.54) is 0 Å². The molecule has 0 saturated carbocycles. The minimum Gasteiger partial charge on any atom is -0.373 e. The number of amides is 2. The van der Waals surface area contributed by atoms with Crippen LogP contribution in [0.2, 0.25) is 5.02 Å². The molecule has 42 heavy (non-hydrogen) atoms. The summed E-state index contributed by atoms with van der Waals surface area (Å²) in [5, 5.41) is 6.24. The molecule has 0 saturated heterocycles. The Hall–Kier alpha value is -4.41. The van der Waals surface area contributed by atoms with Gasteiger partial charge in [-0.1, -0.05) is 35.9 Å². The molecule has 4 aromatic rings. The Kier molecular flexibility index (Phi) is 9.04. The minimum atomic E-state index is -0.804. The Balaban J connectivity index is 1.47. The Morgan fingerprint density at radius 3 is 2.64 bits per heavy atom. The molecule has 10 nitrogen and oxygen atoms in total. The Morgan fingerprint density at radius 1 is 1.07 bits per heavy atom. The predicted molar refractivity (Wildman–Crippen MR) is 162 cm³/mol. The summed E-state index contributed by atoms with van der Waals surface area (Å²) < 4.78 is 8.18. The molecule has 0 spiro atoms. The highest BCUT2D eigenvalue weighted by Gasteiger charge is 2.42. The molecule has 2 unspecified atom stereocenters. The number of hydrogen-bond acceptors (Lipinski definition) is 7. The zero-order valence-corrected chi connectivity index (χ0v) is 24.4. The monoisotopic (exact) mass is 585 g/mol. The number of nitrogens with one attached hydrogen (secondary N) is 2. The van der Waals surface area contributed by atoms with E-state index < -0.39 is 11.8 Å². The number of benzene rings is 1. The van der Waals surface area contributed by atoms with Gasteiger partial charge in [-0.15, -0.1) is 0 Å². The first-order valence-corrected chi connectivity index (χ1v) is 14.1. The number of ether oxygens (including phenoxy) is 1. The molecule has 0 radical (unpaired) electrons. The Bertz CT molecular complexity index is 1670. The van der Waals surface area contributed by atoms with Crippen LogP contribution in [0, 0.1) is 12.8 Å². The maximum atomic E-state index is 13.8. The van der Waals surface area contributed by atoms with Crippen molar-refractivity contribution in [3.63, 3.8) is 0 Å². The van der Waals surface area contributed by atoms with Crippen molar-refractivity contribution < 1.29 is 14.3 Å². The summed E-state index contributed by atoms with van der Waals surface area (Å²) in [5.74, 6) is -0.894. The number of nitrogens with zero attached hydrogens (tertiary/aromatic N) is 5. The number of anilines is 1. The molecule has 2 amide bonds. The van der Waals surface area contributed by atoms with Gasteiger partial charge in [0.2, 0.25) is 11.8 Å². The third kappa shape index (κ3) is 6.09. The van der Waals surface area contributed by atoms with Crippen LogP contribution in [0.5, 0.6) is 0 Å². The summed E-state index contributed by atoms with van der Waals surface area (Å²) in [4.78, 5) is 45.1. The number of hydrogen-bond donors (Lipinski definition) is 2. The molecule has 4 heterocycles. The van der Waals surface area contributed by atoms with Crippen LogP contribution in [-0.2, 0) is 20.9 Å². The van der Waals surface area contributed by atoms with Crippen LogP contribution < -0.4 is 10.6 Å². The summed E-state index contributed by atoms with van der Waals surface area (Å²) in [7, 11) is 0. The number of aromatic nitrogens is 4. The van der Waals surface area contributed by atoms with E-state index in [0.717, 1.165) is 16.9 Å². The van der Waals surface area contributed by atoms with E-state index in [1.54, 1.807) is 49.8 Å². The predicted octanol–water partition coefficient (Wildman–Crippen LogP) is 4.71. The molecule has 11 heteroatoms. The largest absolute Gasteiger partial charge is 0.373 e. The number of aryl methyl sites for hydroxylation is 1. The lowest BCUT2D eigenvalue weighted by atomic mass is 9.74. The van der Waals surface area contributed by atoms with Crippen LogP contribution in [0.4, 0.5) is 5.82 Å². The van der Waals surface area contributed by atoms with E-state index in [2.05, 4.69) is 30.2 Å². The number of imidazole rings is 1. The fraction of sp³-hybridized carbons (Fsp3) is 0.290. The van der Waals surface area contributed by atoms with Crippen molar-refractivity contribution in [3.8, 4) is 0 Å². The second kappa shape index (κ2) is 13.1. The van der Waals surface area contributed by atoms with Gasteiger partial charge in [0.15, 0.2) is 0 Å². The van der Waals surface area contributed by atoms with E-state index in [-0.39, 0.29) is 18.4 Å². The second-order valence-corrected chi connectivity index (χ2v) is 10.3. The fourth-order valence-electron chi connectivity index (χ4n) is 5.32. The quantitative estimate of drug-likeness (QED) is 0.260. The SMILES string of the molecule is CCNC(=O)C1=C(COCCn2c(C)nc3cnccc32)N=C(C)C(C(=O)Nc2ccccn2)C1c1ccccc1Cl. The number of likely N-dealkylation sites (N-methyl/N-ethyl adjacent to an activating group) is 1. The van der Waals surface area contributed by atoms with Gasteiger partial charge in [0, 0.05) is 47.7 Å². The standard InChI is InChI=1S/C31H32ClN7O3/c1-4-34-30(40)29-24(18-42-16-15-39-20(3)37-23-17-33-14-12-25(23)39)36-19(2)27(28(29)21-9-5-6-10-22(21)32)31(41)38-26-11-7-8-13-35-26/h5-14,17,27-28H,4,15-16,18H2,1-3H3,(H,34,40)(H,35,38,41). The summed E-state index contributed by atoms with van der Waals surface area (Å²) in [6.45, 7) is 6.96. The van der Waals surface area contributed by atoms with E-state index in [1.807, 2.05) is 38.1 Å². The lowest BCUT2D eigenvalue weighted by Crippen LogP contribution is -2.41. The van der Waals surface area contributed by atoms with Crippen LogP contribution in [0.3, 0.4) is 0 Å². The zero-order chi connectivity index (χ0) is 29.6. The first kappa shape index (κ1) is 29.1. The van der Waals surface area contributed by atoms with Gasteiger partial charge in [0.05, 0.1) is 36.5 Å². The Labute approximate surface area is 248 Å². The summed E-state index contributed by atoms with van der Waals surface area (Å²) in [6.07, 6.45) is 5.07. The van der Waals surface area contributed by atoms with Crippen LogP contribution in [0.25, 0.3) is 11.0 Å². The van der Waals surface area contributed by atoms with Gasteiger partial charge in [0.25, 0.3) is 0 Å². The van der Waals surface area contributed by atoms with Crippen LogP contribution in [0.1, 0.15) is 31.2 Å². The summed E-state index contributed by atoms with van der Waals surface area (Å²) in [6, 6.07) is 14.4. The molecule has 3 aromatic heterocycles. The van der Waals surface area contributed by atoms with Gasteiger partial charge in [-0.2, -0.15) is 0 Å². The number of pyridine rings is 2. The van der Waals surface area contributed by atoms with Crippen molar-refractivity contribution in [2.45, 2.75) is 33.2 Å². The third-order valence-electron chi connectivity index (χ3n) is 7.18. The van der Waals surface area contributed by atoms with Crippen LogP contribution >= 0.6 is 11.6 Å².